The molecular formula is C28H28ClF2N3O2S. The first-order valence-electron chi connectivity index (χ1n) is 12.0. The summed E-state index contributed by atoms with van der Waals surface area (Å²) in [4.78, 5) is 22.2. The highest BCUT2D eigenvalue weighted by atomic mass is 35.5. The molecule has 194 valence electrons. The molecule has 37 heavy (non-hydrogen) atoms. The maximum absolute atomic E-state index is 14.4. The van der Waals surface area contributed by atoms with Crippen LogP contribution < -0.4 is 4.90 Å². The number of thiazole rings is 1. The van der Waals surface area contributed by atoms with Crippen LogP contribution >= 0.6 is 23.7 Å². The van der Waals surface area contributed by atoms with E-state index in [1.54, 1.807) is 4.90 Å². The van der Waals surface area contributed by atoms with Gasteiger partial charge in [0.2, 0.25) is 5.91 Å². The lowest BCUT2D eigenvalue weighted by Gasteiger charge is -2.30. The summed E-state index contributed by atoms with van der Waals surface area (Å²) in [6.07, 6.45) is 0.226. The molecule has 0 atom stereocenters. The Balaban J connectivity index is 0.00000320. The number of halogens is 3. The minimum atomic E-state index is -0.723. The van der Waals surface area contributed by atoms with Crippen molar-refractivity contribution in [2.75, 3.05) is 44.3 Å². The van der Waals surface area contributed by atoms with Crippen LogP contribution in [0.25, 0.3) is 10.2 Å². The van der Waals surface area contributed by atoms with Crippen molar-refractivity contribution in [3.05, 3.63) is 95.6 Å². The molecule has 2 heterocycles. The number of anilines is 1. The number of amides is 1. The smallest absolute Gasteiger partial charge is 0.229 e. The molecule has 0 N–H and O–H groups in total. The van der Waals surface area contributed by atoms with Gasteiger partial charge in [0.15, 0.2) is 10.9 Å². The van der Waals surface area contributed by atoms with Gasteiger partial charge < -0.3 is 4.74 Å². The summed E-state index contributed by atoms with van der Waals surface area (Å²) in [6, 6.07) is 22.0. The van der Waals surface area contributed by atoms with Crippen molar-refractivity contribution in [2.45, 2.75) is 12.3 Å². The molecule has 0 bridgehead atoms. The van der Waals surface area contributed by atoms with Crippen LogP contribution in [-0.4, -0.2) is 55.2 Å². The average molecular weight is 544 g/mol. The Morgan fingerprint density at radius 2 is 1.62 bits per heavy atom. The van der Waals surface area contributed by atoms with Gasteiger partial charge in [0.1, 0.15) is 11.3 Å². The van der Waals surface area contributed by atoms with Gasteiger partial charge in [-0.3, -0.25) is 14.6 Å². The fraction of sp³-hybridized carbons (Fsp3) is 0.286. The van der Waals surface area contributed by atoms with Gasteiger partial charge in [0.05, 0.1) is 17.9 Å². The van der Waals surface area contributed by atoms with Crippen LogP contribution in [-0.2, 0) is 9.53 Å². The monoisotopic (exact) mass is 543 g/mol. The van der Waals surface area contributed by atoms with Gasteiger partial charge >= 0.3 is 0 Å². The van der Waals surface area contributed by atoms with E-state index < -0.39 is 11.6 Å². The van der Waals surface area contributed by atoms with Crippen molar-refractivity contribution in [1.82, 2.24) is 9.88 Å². The first-order chi connectivity index (χ1) is 17.6. The topological polar surface area (TPSA) is 45.7 Å². The molecule has 5 rings (SSSR count). The molecule has 1 aliphatic heterocycles. The number of aromatic nitrogens is 1. The first kappa shape index (κ1) is 27.1. The Labute approximate surface area is 225 Å². The number of morpholine rings is 1. The van der Waals surface area contributed by atoms with Crippen molar-refractivity contribution in [1.29, 1.82) is 0 Å². The second-order valence-electron chi connectivity index (χ2n) is 8.81. The van der Waals surface area contributed by atoms with E-state index in [4.69, 9.17) is 4.74 Å². The van der Waals surface area contributed by atoms with Gasteiger partial charge in [-0.05, 0) is 17.2 Å². The molecule has 0 spiro atoms. The molecule has 0 saturated carbocycles. The zero-order valence-electron chi connectivity index (χ0n) is 20.2. The number of rotatable bonds is 8. The van der Waals surface area contributed by atoms with Crippen LogP contribution in [0.5, 0.6) is 0 Å². The molecule has 1 aliphatic rings. The fourth-order valence-corrected chi connectivity index (χ4v) is 5.59. The quantitative estimate of drug-likeness (QED) is 0.278. The average Bonchev–Trinajstić information content (AvgIpc) is 3.33. The van der Waals surface area contributed by atoms with Crippen molar-refractivity contribution in [3.8, 4) is 0 Å². The Bertz CT molecular complexity index is 1280. The summed E-state index contributed by atoms with van der Waals surface area (Å²) < 4.78 is 34.1. The van der Waals surface area contributed by atoms with Gasteiger partial charge in [-0.2, -0.15) is 0 Å². The van der Waals surface area contributed by atoms with Gasteiger partial charge in [-0.1, -0.05) is 72.0 Å². The molecule has 4 aromatic rings. The molecule has 0 unspecified atom stereocenters. The van der Waals surface area contributed by atoms with E-state index in [-0.39, 0.29) is 36.2 Å². The van der Waals surface area contributed by atoms with Crippen LogP contribution in [0.1, 0.15) is 23.5 Å². The number of nitrogens with zero attached hydrogens (tertiary/aromatic N) is 3. The number of hydrogen-bond donors (Lipinski definition) is 0. The summed E-state index contributed by atoms with van der Waals surface area (Å²) in [5.74, 6) is -1.63. The summed E-state index contributed by atoms with van der Waals surface area (Å²) >= 11 is 1.14. The molecule has 3 aromatic carbocycles. The SMILES string of the molecule is Cl.O=C(CC(c1ccccc1)c1ccccc1)N(CCN1CCOCC1)c1nc2c(F)cc(F)cc2s1. The van der Waals surface area contributed by atoms with Gasteiger partial charge in [-0.25, -0.2) is 13.8 Å². The summed E-state index contributed by atoms with van der Waals surface area (Å²) in [7, 11) is 0. The molecule has 9 heteroatoms. The predicted molar refractivity (Wildman–Crippen MR) is 146 cm³/mol. The summed E-state index contributed by atoms with van der Waals surface area (Å²) in [5.41, 5.74) is 2.17. The third-order valence-corrected chi connectivity index (χ3v) is 7.49. The van der Waals surface area contributed by atoms with Crippen molar-refractivity contribution in [3.63, 3.8) is 0 Å². The maximum Gasteiger partial charge on any atom is 0.229 e. The van der Waals surface area contributed by atoms with Gasteiger partial charge in [0.25, 0.3) is 0 Å². The third-order valence-electron chi connectivity index (χ3n) is 6.46. The number of benzene rings is 3. The largest absolute Gasteiger partial charge is 0.379 e. The highest BCUT2D eigenvalue weighted by Gasteiger charge is 2.26. The molecule has 5 nitrogen and oxygen atoms in total. The van der Waals surface area contributed by atoms with Crippen LogP contribution in [0.15, 0.2) is 72.8 Å². The van der Waals surface area contributed by atoms with Crippen LogP contribution in [0, 0.1) is 11.6 Å². The molecule has 1 aromatic heterocycles. The molecule has 0 radical (unpaired) electrons. The number of hydrogen-bond acceptors (Lipinski definition) is 5. The standard InChI is InChI=1S/C28H27F2N3O2S.ClH/c29-22-17-24(30)27-25(18-22)36-28(31-27)33(12-11-32-13-15-35-16-14-32)26(34)19-23(20-7-3-1-4-8-20)21-9-5-2-6-10-21;/h1-10,17-18,23H,11-16,19H2;1H. The Hall–Kier alpha value is -2.91. The Kier molecular flexibility index (Phi) is 9.21. The number of carbonyl (C=O) groups is 1. The molecule has 0 aliphatic carbocycles. The Morgan fingerprint density at radius 1 is 1.00 bits per heavy atom. The van der Waals surface area contributed by atoms with E-state index in [0.717, 1.165) is 41.6 Å². The molecule has 1 amide bonds. The maximum atomic E-state index is 14.4. The van der Waals surface area contributed by atoms with Crippen LogP contribution in [0.3, 0.4) is 0 Å². The van der Waals surface area contributed by atoms with Crippen molar-refractivity contribution in [2.24, 2.45) is 0 Å². The first-order valence-corrected chi connectivity index (χ1v) is 12.9. The summed E-state index contributed by atoms with van der Waals surface area (Å²) in [5, 5.41) is 0.382. The van der Waals surface area contributed by atoms with E-state index in [1.807, 2.05) is 60.7 Å². The van der Waals surface area contributed by atoms with Crippen LogP contribution in [0.2, 0.25) is 0 Å². The zero-order chi connectivity index (χ0) is 24.9. The van der Waals surface area contributed by atoms with Crippen LogP contribution in [0.4, 0.5) is 13.9 Å². The second kappa shape index (κ2) is 12.6. The van der Waals surface area contributed by atoms with E-state index >= 15 is 0 Å². The predicted octanol–water partition coefficient (Wildman–Crippen LogP) is 5.88. The minimum absolute atomic E-state index is 0. The van der Waals surface area contributed by atoms with E-state index in [1.165, 1.54) is 6.07 Å². The second-order valence-corrected chi connectivity index (χ2v) is 9.82. The molecule has 1 fully saturated rings. The van der Waals surface area contributed by atoms with E-state index in [0.29, 0.717) is 36.1 Å². The lowest BCUT2D eigenvalue weighted by molar-refractivity contribution is -0.118. The fourth-order valence-electron chi connectivity index (χ4n) is 4.54. The highest BCUT2D eigenvalue weighted by Crippen LogP contribution is 2.34. The minimum Gasteiger partial charge on any atom is -0.379 e. The molecular weight excluding hydrogens is 516 g/mol. The van der Waals surface area contributed by atoms with Crippen molar-refractivity contribution >= 4 is 45.0 Å². The Morgan fingerprint density at radius 3 is 2.24 bits per heavy atom. The number of fused-ring (bicyclic) bond motifs is 1. The van der Waals surface area contributed by atoms with E-state index in [2.05, 4.69) is 9.88 Å². The number of carbonyl (C=O) groups excluding carboxylic acids is 1. The van der Waals surface area contributed by atoms with Crippen molar-refractivity contribution < 1.29 is 18.3 Å². The summed E-state index contributed by atoms with van der Waals surface area (Å²) in [6.45, 7) is 3.94. The van der Waals surface area contributed by atoms with E-state index in [9.17, 15) is 13.6 Å². The normalized spacial score (nSPS) is 14.0. The number of ether oxygens (including phenoxy) is 1. The molecule has 1 saturated heterocycles. The zero-order valence-corrected chi connectivity index (χ0v) is 21.8. The lowest BCUT2D eigenvalue weighted by atomic mass is 9.88. The third kappa shape index (κ3) is 6.51. The highest BCUT2D eigenvalue weighted by molar-refractivity contribution is 7.22. The lowest BCUT2D eigenvalue weighted by Crippen LogP contribution is -2.43. The van der Waals surface area contributed by atoms with Gasteiger partial charge in [-0.15, -0.1) is 12.4 Å². The van der Waals surface area contributed by atoms with Gasteiger partial charge in [0, 0.05) is 44.6 Å².